The lowest BCUT2D eigenvalue weighted by molar-refractivity contribution is 0.0637. The highest BCUT2D eigenvalue weighted by atomic mass is 35.5. The average Bonchev–Trinajstić information content (AvgIpc) is 2.73. The van der Waals surface area contributed by atoms with Gasteiger partial charge in [-0.2, -0.15) is 5.26 Å². The van der Waals surface area contributed by atoms with Crippen molar-refractivity contribution in [2.24, 2.45) is 0 Å². The molecule has 3 nitrogen and oxygen atoms in total. The molecular weight excluding hydrogens is 236 g/mol. The van der Waals surface area contributed by atoms with E-state index in [1.54, 1.807) is 18.2 Å². The van der Waals surface area contributed by atoms with Crippen LogP contribution in [0, 0.1) is 11.3 Å². The molecule has 90 valence electrons. The number of halogens is 1. The van der Waals surface area contributed by atoms with E-state index in [2.05, 4.69) is 18.3 Å². The molecule has 1 aromatic carbocycles. The number of anilines is 1. The normalized spacial score (nSPS) is 23.4. The third kappa shape index (κ3) is 3.12. The second-order valence-electron chi connectivity index (χ2n) is 4.33. The fourth-order valence-electron chi connectivity index (χ4n) is 2.02. The lowest BCUT2D eigenvalue weighted by atomic mass is 10.1. The predicted octanol–water partition coefficient (Wildman–Crippen LogP) is 3.19. The molecule has 0 radical (unpaired) electrons. The van der Waals surface area contributed by atoms with E-state index >= 15 is 0 Å². The molecule has 1 aliphatic rings. The second-order valence-corrected chi connectivity index (χ2v) is 4.77. The molecule has 1 N–H and O–H groups in total. The number of nitrogens with zero attached hydrogens (tertiary/aromatic N) is 1. The first-order valence-corrected chi connectivity index (χ1v) is 6.16. The Kier molecular flexibility index (Phi) is 3.88. The molecule has 0 bridgehead atoms. The molecule has 0 amide bonds. The largest absolute Gasteiger partial charge is 0.381 e. The number of rotatable bonds is 3. The predicted molar refractivity (Wildman–Crippen MR) is 68.2 cm³/mol. The highest BCUT2D eigenvalue weighted by molar-refractivity contribution is 6.30. The first kappa shape index (κ1) is 12.2. The van der Waals surface area contributed by atoms with Gasteiger partial charge in [0.2, 0.25) is 0 Å². The number of ether oxygens (including phenoxy) is 1. The number of benzene rings is 1. The molecule has 0 saturated carbocycles. The molecule has 4 heteroatoms. The van der Waals surface area contributed by atoms with Crippen molar-refractivity contribution in [3.05, 3.63) is 28.8 Å². The lowest BCUT2D eigenvalue weighted by Crippen LogP contribution is -2.20. The fraction of sp³-hybridized carbons (Fsp3) is 0.462. The molecule has 2 rings (SSSR count). The van der Waals surface area contributed by atoms with E-state index in [1.807, 2.05) is 0 Å². The van der Waals surface area contributed by atoms with Crippen LogP contribution in [0.5, 0.6) is 0 Å². The van der Waals surface area contributed by atoms with Crippen LogP contribution >= 0.6 is 11.6 Å². The average molecular weight is 251 g/mol. The van der Waals surface area contributed by atoms with E-state index in [-0.39, 0.29) is 6.10 Å². The Hall–Kier alpha value is -1.24. The maximum atomic E-state index is 8.98. The van der Waals surface area contributed by atoms with Crippen molar-refractivity contribution in [3.63, 3.8) is 0 Å². The van der Waals surface area contributed by atoms with Gasteiger partial charge in [-0.3, -0.25) is 0 Å². The summed E-state index contributed by atoms with van der Waals surface area (Å²) in [4.78, 5) is 0. The van der Waals surface area contributed by atoms with Crippen molar-refractivity contribution in [2.45, 2.75) is 32.0 Å². The van der Waals surface area contributed by atoms with Crippen LogP contribution in [0.25, 0.3) is 0 Å². The summed E-state index contributed by atoms with van der Waals surface area (Å²) >= 11 is 5.91. The molecule has 0 aliphatic carbocycles. The van der Waals surface area contributed by atoms with Gasteiger partial charge in [0.1, 0.15) is 6.07 Å². The summed E-state index contributed by atoms with van der Waals surface area (Å²) in [6, 6.07) is 7.37. The molecule has 1 saturated heterocycles. The number of hydrogen-bond acceptors (Lipinski definition) is 3. The van der Waals surface area contributed by atoms with Crippen LogP contribution < -0.4 is 5.32 Å². The molecule has 1 fully saturated rings. The van der Waals surface area contributed by atoms with Crippen molar-refractivity contribution in [3.8, 4) is 6.07 Å². The molecule has 17 heavy (non-hydrogen) atoms. The van der Waals surface area contributed by atoms with Crippen LogP contribution in [0.3, 0.4) is 0 Å². The van der Waals surface area contributed by atoms with Gasteiger partial charge in [0.05, 0.1) is 23.5 Å². The number of nitrogens with one attached hydrogen (secondary N) is 1. The van der Waals surface area contributed by atoms with E-state index in [1.165, 1.54) is 0 Å². The van der Waals surface area contributed by atoms with E-state index < -0.39 is 0 Å². The van der Waals surface area contributed by atoms with E-state index in [0.29, 0.717) is 16.7 Å². The van der Waals surface area contributed by atoms with Gasteiger partial charge in [0.25, 0.3) is 0 Å². The van der Waals surface area contributed by atoms with Gasteiger partial charge >= 0.3 is 0 Å². The smallest absolute Gasteiger partial charge is 0.101 e. The van der Waals surface area contributed by atoms with Gasteiger partial charge in [-0.1, -0.05) is 11.6 Å². The molecule has 1 heterocycles. The summed E-state index contributed by atoms with van der Waals surface area (Å²) in [5, 5.41) is 12.8. The van der Waals surface area contributed by atoms with Gasteiger partial charge in [-0.15, -0.1) is 0 Å². The quantitative estimate of drug-likeness (QED) is 0.896. The Balaban J connectivity index is 1.99. The SMILES string of the molecule is CC1CCC(CNc2cc(Cl)ccc2C#N)O1. The van der Waals surface area contributed by atoms with Crippen LogP contribution in [0.4, 0.5) is 5.69 Å². The minimum Gasteiger partial charge on any atom is -0.381 e. The number of hydrogen-bond donors (Lipinski definition) is 1. The summed E-state index contributed by atoms with van der Waals surface area (Å²) in [7, 11) is 0. The zero-order chi connectivity index (χ0) is 12.3. The topological polar surface area (TPSA) is 45.0 Å². The summed E-state index contributed by atoms with van der Waals surface area (Å²) < 4.78 is 5.71. The highest BCUT2D eigenvalue weighted by Gasteiger charge is 2.21. The Morgan fingerprint density at radius 1 is 1.53 bits per heavy atom. The van der Waals surface area contributed by atoms with Gasteiger partial charge in [0.15, 0.2) is 0 Å². The standard InChI is InChI=1S/C13H15ClN2O/c1-9-2-5-12(17-9)8-16-13-6-11(14)4-3-10(13)7-15/h3-4,6,9,12,16H,2,5,8H2,1H3. The van der Waals surface area contributed by atoms with Crippen molar-refractivity contribution >= 4 is 17.3 Å². The van der Waals surface area contributed by atoms with Crippen LogP contribution in [0.15, 0.2) is 18.2 Å². The Labute approximate surface area is 106 Å². The minimum atomic E-state index is 0.232. The number of nitriles is 1. The third-order valence-electron chi connectivity index (χ3n) is 2.94. The molecule has 2 unspecified atom stereocenters. The third-order valence-corrected chi connectivity index (χ3v) is 3.18. The van der Waals surface area contributed by atoms with Crippen molar-refractivity contribution in [1.82, 2.24) is 0 Å². The summed E-state index contributed by atoms with van der Waals surface area (Å²) in [6.07, 6.45) is 2.75. The van der Waals surface area contributed by atoms with Gasteiger partial charge in [0, 0.05) is 11.6 Å². The molecule has 0 spiro atoms. The van der Waals surface area contributed by atoms with Gasteiger partial charge < -0.3 is 10.1 Å². The van der Waals surface area contributed by atoms with Crippen LogP contribution in [0.2, 0.25) is 5.02 Å². The molecular formula is C13H15ClN2O. The molecule has 1 aliphatic heterocycles. The maximum absolute atomic E-state index is 8.98. The van der Waals surface area contributed by atoms with Crippen molar-refractivity contribution in [2.75, 3.05) is 11.9 Å². The van der Waals surface area contributed by atoms with Crippen LogP contribution in [-0.4, -0.2) is 18.8 Å². The molecule has 2 atom stereocenters. The Morgan fingerprint density at radius 3 is 3.00 bits per heavy atom. The fourth-order valence-corrected chi connectivity index (χ4v) is 2.19. The summed E-state index contributed by atoms with van der Waals surface area (Å²) in [6.45, 7) is 2.81. The Bertz CT molecular complexity index is 442. The van der Waals surface area contributed by atoms with E-state index in [9.17, 15) is 0 Å². The van der Waals surface area contributed by atoms with Gasteiger partial charge in [-0.25, -0.2) is 0 Å². The molecule has 1 aromatic rings. The van der Waals surface area contributed by atoms with Gasteiger partial charge in [-0.05, 0) is 38.0 Å². The van der Waals surface area contributed by atoms with Crippen molar-refractivity contribution < 1.29 is 4.74 Å². The summed E-state index contributed by atoms with van der Waals surface area (Å²) in [5.74, 6) is 0. The second kappa shape index (κ2) is 5.39. The highest BCUT2D eigenvalue weighted by Crippen LogP contribution is 2.23. The Morgan fingerprint density at radius 2 is 2.35 bits per heavy atom. The first-order valence-electron chi connectivity index (χ1n) is 5.78. The van der Waals surface area contributed by atoms with E-state index in [0.717, 1.165) is 25.1 Å². The maximum Gasteiger partial charge on any atom is 0.101 e. The van der Waals surface area contributed by atoms with E-state index in [4.69, 9.17) is 21.6 Å². The zero-order valence-corrected chi connectivity index (χ0v) is 10.5. The summed E-state index contributed by atoms with van der Waals surface area (Å²) in [5.41, 5.74) is 1.39. The zero-order valence-electron chi connectivity index (χ0n) is 9.74. The first-order chi connectivity index (χ1) is 8.19. The van der Waals surface area contributed by atoms with Crippen molar-refractivity contribution in [1.29, 1.82) is 5.26 Å². The molecule has 0 aromatic heterocycles. The van der Waals surface area contributed by atoms with Crippen LogP contribution in [-0.2, 0) is 4.74 Å². The monoisotopic (exact) mass is 250 g/mol. The minimum absolute atomic E-state index is 0.232. The van der Waals surface area contributed by atoms with Crippen LogP contribution in [0.1, 0.15) is 25.3 Å². The lowest BCUT2D eigenvalue weighted by Gasteiger charge is -2.14.